The fourth-order valence-electron chi connectivity index (χ4n) is 1.99. The third-order valence-corrected chi connectivity index (χ3v) is 2.71. The Kier molecular flexibility index (Phi) is 3.24. The molecule has 1 N–H and O–H groups in total. The number of hydrogen-bond donors (Lipinski definition) is 1. The Balaban J connectivity index is 2.37. The average Bonchev–Trinajstić information content (AvgIpc) is 2.34. The SMILES string of the molecule is Cc1cc(C)c(Nc2cc(C#N)ncn2)c(C)c1. The standard InChI is InChI=1S/C14H14N4/c1-9-4-10(2)14(11(3)5-9)18-13-6-12(7-15)16-8-17-13/h4-6,8H,1-3H3,(H,16,17,18). The predicted octanol–water partition coefficient (Wildman–Crippen LogP) is 3.02. The van der Waals surface area contributed by atoms with Gasteiger partial charge in [0.15, 0.2) is 0 Å². The van der Waals surface area contributed by atoms with Gasteiger partial charge < -0.3 is 5.32 Å². The van der Waals surface area contributed by atoms with Crippen LogP contribution in [0.25, 0.3) is 0 Å². The molecule has 1 heterocycles. The number of nitrogens with one attached hydrogen (secondary N) is 1. The highest BCUT2D eigenvalue weighted by Gasteiger charge is 2.05. The topological polar surface area (TPSA) is 61.6 Å². The molecular weight excluding hydrogens is 224 g/mol. The summed E-state index contributed by atoms with van der Waals surface area (Å²) in [5.41, 5.74) is 4.93. The van der Waals surface area contributed by atoms with E-state index < -0.39 is 0 Å². The molecule has 0 saturated heterocycles. The van der Waals surface area contributed by atoms with E-state index in [9.17, 15) is 0 Å². The Bertz CT molecular complexity index is 603. The van der Waals surface area contributed by atoms with E-state index in [1.807, 2.05) is 6.07 Å². The highest BCUT2D eigenvalue weighted by Crippen LogP contribution is 2.24. The third-order valence-electron chi connectivity index (χ3n) is 2.71. The maximum atomic E-state index is 8.81. The van der Waals surface area contributed by atoms with Gasteiger partial charge in [-0.15, -0.1) is 0 Å². The molecule has 0 spiro atoms. The van der Waals surface area contributed by atoms with Gasteiger partial charge in [0.1, 0.15) is 23.9 Å². The molecule has 0 atom stereocenters. The molecule has 0 unspecified atom stereocenters. The van der Waals surface area contributed by atoms with Crippen molar-refractivity contribution >= 4 is 11.5 Å². The summed E-state index contributed by atoms with van der Waals surface area (Å²) in [6.07, 6.45) is 1.39. The van der Waals surface area contributed by atoms with Crippen molar-refractivity contribution in [3.05, 3.63) is 46.9 Å². The molecule has 0 aliphatic heterocycles. The van der Waals surface area contributed by atoms with Crippen molar-refractivity contribution in [2.45, 2.75) is 20.8 Å². The Hall–Kier alpha value is -2.41. The second kappa shape index (κ2) is 4.84. The summed E-state index contributed by atoms with van der Waals surface area (Å²) in [5, 5.41) is 12.0. The normalized spacial score (nSPS) is 9.89. The van der Waals surface area contributed by atoms with Gasteiger partial charge in [-0.3, -0.25) is 0 Å². The molecule has 0 saturated carbocycles. The molecule has 2 aromatic rings. The number of nitrogens with zero attached hydrogens (tertiary/aromatic N) is 3. The maximum Gasteiger partial charge on any atom is 0.145 e. The van der Waals surface area contributed by atoms with E-state index in [2.05, 4.69) is 48.2 Å². The largest absolute Gasteiger partial charge is 0.340 e. The summed E-state index contributed by atoms with van der Waals surface area (Å²) >= 11 is 0. The summed E-state index contributed by atoms with van der Waals surface area (Å²) in [7, 11) is 0. The van der Waals surface area contributed by atoms with Crippen LogP contribution >= 0.6 is 0 Å². The number of nitriles is 1. The third kappa shape index (κ3) is 2.46. The number of aryl methyl sites for hydroxylation is 3. The minimum absolute atomic E-state index is 0.356. The Morgan fingerprint density at radius 1 is 1.06 bits per heavy atom. The monoisotopic (exact) mass is 238 g/mol. The lowest BCUT2D eigenvalue weighted by Crippen LogP contribution is -2.00. The number of hydrogen-bond acceptors (Lipinski definition) is 4. The van der Waals surface area contributed by atoms with Gasteiger partial charge in [-0.1, -0.05) is 17.7 Å². The number of anilines is 2. The van der Waals surface area contributed by atoms with Crippen LogP contribution in [-0.4, -0.2) is 9.97 Å². The molecule has 0 bridgehead atoms. The van der Waals surface area contributed by atoms with Crippen LogP contribution in [-0.2, 0) is 0 Å². The zero-order chi connectivity index (χ0) is 13.1. The summed E-state index contributed by atoms with van der Waals surface area (Å²) < 4.78 is 0. The van der Waals surface area contributed by atoms with Crippen molar-refractivity contribution < 1.29 is 0 Å². The average molecular weight is 238 g/mol. The number of rotatable bonds is 2. The molecule has 90 valence electrons. The van der Waals surface area contributed by atoms with Gasteiger partial charge in [0.2, 0.25) is 0 Å². The van der Waals surface area contributed by atoms with Gasteiger partial charge in [-0.2, -0.15) is 5.26 Å². The van der Waals surface area contributed by atoms with Gasteiger partial charge in [0, 0.05) is 11.8 Å². The highest BCUT2D eigenvalue weighted by atomic mass is 15.0. The van der Waals surface area contributed by atoms with Gasteiger partial charge in [0.25, 0.3) is 0 Å². The first-order valence-electron chi connectivity index (χ1n) is 5.67. The maximum absolute atomic E-state index is 8.81. The molecular formula is C14H14N4. The molecule has 18 heavy (non-hydrogen) atoms. The van der Waals surface area contributed by atoms with Crippen molar-refractivity contribution in [1.29, 1.82) is 5.26 Å². The molecule has 0 fully saturated rings. The fourth-order valence-corrected chi connectivity index (χ4v) is 1.99. The van der Waals surface area contributed by atoms with E-state index >= 15 is 0 Å². The van der Waals surface area contributed by atoms with Crippen LogP contribution in [0.2, 0.25) is 0 Å². The van der Waals surface area contributed by atoms with Crippen molar-refractivity contribution in [1.82, 2.24) is 9.97 Å². The number of benzene rings is 1. The first kappa shape index (κ1) is 12.1. The van der Waals surface area contributed by atoms with Crippen LogP contribution in [0.5, 0.6) is 0 Å². The van der Waals surface area contributed by atoms with Crippen LogP contribution in [0.1, 0.15) is 22.4 Å². The molecule has 4 nitrogen and oxygen atoms in total. The Labute approximate surface area is 106 Å². The molecule has 4 heteroatoms. The van der Waals surface area contributed by atoms with Crippen LogP contribution in [0.15, 0.2) is 24.5 Å². The van der Waals surface area contributed by atoms with Crippen LogP contribution < -0.4 is 5.32 Å². The zero-order valence-corrected chi connectivity index (χ0v) is 10.7. The smallest absolute Gasteiger partial charge is 0.145 e. The lowest BCUT2D eigenvalue weighted by Gasteiger charge is -2.13. The van der Waals surface area contributed by atoms with E-state index in [0.717, 1.165) is 16.8 Å². The molecule has 0 aliphatic carbocycles. The van der Waals surface area contributed by atoms with Crippen molar-refractivity contribution in [3.8, 4) is 6.07 Å². The summed E-state index contributed by atoms with van der Waals surface area (Å²) in [6.45, 7) is 6.17. The second-order valence-electron chi connectivity index (χ2n) is 4.30. The van der Waals surface area contributed by atoms with Crippen molar-refractivity contribution in [2.24, 2.45) is 0 Å². The van der Waals surface area contributed by atoms with E-state index in [4.69, 9.17) is 5.26 Å². The van der Waals surface area contributed by atoms with Gasteiger partial charge >= 0.3 is 0 Å². The van der Waals surface area contributed by atoms with Crippen LogP contribution in [0.4, 0.5) is 11.5 Å². The Morgan fingerprint density at radius 2 is 1.72 bits per heavy atom. The second-order valence-corrected chi connectivity index (χ2v) is 4.30. The van der Waals surface area contributed by atoms with E-state index in [1.54, 1.807) is 6.07 Å². The molecule has 0 aliphatic rings. The molecule has 0 amide bonds. The lowest BCUT2D eigenvalue weighted by molar-refractivity contribution is 1.13. The first-order chi connectivity index (χ1) is 8.60. The lowest BCUT2D eigenvalue weighted by atomic mass is 10.1. The minimum Gasteiger partial charge on any atom is -0.340 e. The van der Waals surface area contributed by atoms with E-state index in [-0.39, 0.29) is 0 Å². The quantitative estimate of drug-likeness (QED) is 0.873. The predicted molar refractivity (Wildman–Crippen MR) is 70.7 cm³/mol. The Morgan fingerprint density at radius 3 is 2.33 bits per heavy atom. The number of aromatic nitrogens is 2. The van der Waals surface area contributed by atoms with E-state index in [0.29, 0.717) is 11.5 Å². The molecule has 1 aromatic heterocycles. The summed E-state index contributed by atoms with van der Waals surface area (Å²) in [6, 6.07) is 7.86. The van der Waals surface area contributed by atoms with Gasteiger partial charge in [-0.05, 0) is 31.9 Å². The van der Waals surface area contributed by atoms with Crippen LogP contribution in [0, 0.1) is 32.1 Å². The molecule has 1 aromatic carbocycles. The minimum atomic E-state index is 0.356. The highest BCUT2D eigenvalue weighted by molar-refractivity contribution is 5.65. The zero-order valence-electron chi connectivity index (χ0n) is 10.7. The van der Waals surface area contributed by atoms with Crippen LogP contribution in [0.3, 0.4) is 0 Å². The summed E-state index contributed by atoms with van der Waals surface area (Å²) in [4.78, 5) is 7.96. The van der Waals surface area contributed by atoms with Gasteiger partial charge in [-0.25, -0.2) is 9.97 Å². The first-order valence-corrected chi connectivity index (χ1v) is 5.67. The fraction of sp³-hybridized carbons (Fsp3) is 0.214. The molecule has 0 radical (unpaired) electrons. The van der Waals surface area contributed by atoms with E-state index in [1.165, 1.54) is 11.9 Å². The summed E-state index contributed by atoms with van der Waals surface area (Å²) in [5.74, 6) is 0.636. The van der Waals surface area contributed by atoms with Gasteiger partial charge in [0.05, 0.1) is 0 Å². The molecule has 2 rings (SSSR count). The van der Waals surface area contributed by atoms with Crippen molar-refractivity contribution in [2.75, 3.05) is 5.32 Å². The van der Waals surface area contributed by atoms with Crippen molar-refractivity contribution in [3.63, 3.8) is 0 Å².